The molecule has 0 unspecified atom stereocenters. The van der Waals surface area contributed by atoms with E-state index in [1.165, 1.54) is 12.1 Å². The zero-order valence-electron chi connectivity index (χ0n) is 14.8. The zero-order valence-corrected chi connectivity index (χ0v) is 14.8. The lowest BCUT2D eigenvalue weighted by molar-refractivity contribution is -0.132. The maximum Gasteiger partial charge on any atom is 0.222 e. The summed E-state index contributed by atoms with van der Waals surface area (Å²) in [5.41, 5.74) is 4.00. The van der Waals surface area contributed by atoms with Gasteiger partial charge < -0.3 is 15.3 Å². The lowest BCUT2D eigenvalue weighted by atomic mass is 9.82. The summed E-state index contributed by atoms with van der Waals surface area (Å²) < 4.78 is 13.2. The first-order valence-corrected chi connectivity index (χ1v) is 9.19. The van der Waals surface area contributed by atoms with E-state index in [4.69, 9.17) is 0 Å². The first-order valence-electron chi connectivity index (χ1n) is 9.19. The Morgan fingerprint density at radius 3 is 2.65 bits per heavy atom. The fourth-order valence-corrected chi connectivity index (χ4v) is 4.37. The molecule has 4 nitrogen and oxygen atoms in total. The molecule has 0 radical (unpaired) electrons. The van der Waals surface area contributed by atoms with Crippen LogP contribution in [0.5, 0.6) is 0 Å². The van der Waals surface area contributed by atoms with Gasteiger partial charge in [0.15, 0.2) is 0 Å². The fraction of sp³-hybridized carbons (Fsp3) is 0.381. The second-order valence-electron chi connectivity index (χ2n) is 7.08. The van der Waals surface area contributed by atoms with E-state index in [0.29, 0.717) is 6.42 Å². The zero-order chi connectivity index (χ0) is 18.3. The third-order valence-corrected chi connectivity index (χ3v) is 5.67. The van der Waals surface area contributed by atoms with Gasteiger partial charge in [0.25, 0.3) is 0 Å². The molecule has 0 aliphatic carbocycles. The number of carbonyl (C=O) groups is 1. The molecule has 5 heteroatoms. The SMILES string of the molecule is CCC(=O)N1CC[C@H]2[C@H](CO)Nc3ccc(-c4ccc(F)cc4)cc3[C@H]21. The van der Waals surface area contributed by atoms with Crippen molar-refractivity contribution in [3.05, 3.63) is 53.8 Å². The van der Waals surface area contributed by atoms with E-state index < -0.39 is 0 Å². The predicted molar refractivity (Wildman–Crippen MR) is 99.2 cm³/mol. The molecule has 2 aromatic carbocycles. The molecule has 2 heterocycles. The highest BCUT2D eigenvalue weighted by Crippen LogP contribution is 2.47. The van der Waals surface area contributed by atoms with E-state index in [9.17, 15) is 14.3 Å². The summed E-state index contributed by atoms with van der Waals surface area (Å²) in [6.45, 7) is 2.66. The van der Waals surface area contributed by atoms with Crippen molar-refractivity contribution in [2.24, 2.45) is 5.92 Å². The minimum absolute atomic E-state index is 0.0174. The molecule has 1 fully saturated rings. The monoisotopic (exact) mass is 354 g/mol. The second kappa shape index (κ2) is 6.72. The molecule has 2 N–H and O–H groups in total. The van der Waals surface area contributed by atoms with Gasteiger partial charge >= 0.3 is 0 Å². The average Bonchev–Trinajstić information content (AvgIpc) is 3.12. The van der Waals surface area contributed by atoms with Gasteiger partial charge in [0.1, 0.15) is 5.82 Å². The topological polar surface area (TPSA) is 52.6 Å². The van der Waals surface area contributed by atoms with E-state index in [0.717, 1.165) is 35.3 Å². The third-order valence-electron chi connectivity index (χ3n) is 5.67. The number of carbonyl (C=O) groups excluding carboxylic acids is 1. The summed E-state index contributed by atoms with van der Waals surface area (Å²) in [6, 6.07) is 12.5. The lowest BCUT2D eigenvalue weighted by Crippen LogP contribution is -2.42. The molecule has 1 saturated heterocycles. The number of rotatable bonds is 3. The molecule has 0 spiro atoms. The van der Waals surface area contributed by atoms with Crippen LogP contribution in [0.15, 0.2) is 42.5 Å². The van der Waals surface area contributed by atoms with Crippen LogP contribution < -0.4 is 5.32 Å². The Labute approximate surface area is 152 Å². The van der Waals surface area contributed by atoms with Gasteiger partial charge in [0.2, 0.25) is 5.91 Å². The summed E-state index contributed by atoms with van der Waals surface area (Å²) in [5.74, 6) is 0.0930. The van der Waals surface area contributed by atoms with E-state index >= 15 is 0 Å². The van der Waals surface area contributed by atoms with Gasteiger partial charge in [-0.3, -0.25) is 4.79 Å². The molecule has 0 saturated carbocycles. The van der Waals surface area contributed by atoms with Crippen LogP contribution in [0, 0.1) is 11.7 Å². The second-order valence-corrected chi connectivity index (χ2v) is 7.08. The first-order chi connectivity index (χ1) is 12.6. The summed E-state index contributed by atoms with van der Waals surface area (Å²) >= 11 is 0. The van der Waals surface area contributed by atoms with E-state index in [1.807, 2.05) is 24.0 Å². The summed E-state index contributed by atoms with van der Waals surface area (Å²) in [5, 5.41) is 13.2. The van der Waals surface area contributed by atoms with Crippen molar-refractivity contribution in [2.45, 2.75) is 31.8 Å². The molecule has 26 heavy (non-hydrogen) atoms. The maximum atomic E-state index is 13.2. The molecule has 0 aromatic heterocycles. The largest absolute Gasteiger partial charge is 0.394 e. The maximum absolute atomic E-state index is 13.2. The van der Waals surface area contributed by atoms with Crippen molar-refractivity contribution >= 4 is 11.6 Å². The van der Waals surface area contributed by atoms with Crippen LogP contribution >= 0.6 is 0 Å². The predicted octanol–water partition coefficient (Wildman–Crippen LogP) is 3.58. The van der Waals surface area contributed by atoms with Gasteiger partial charge in [-0.05, 0) is 47.4 Å². The quantitative estimate of drug-likeness (QED) is 0.886. The van der Waals surface area contributed by atoms with E-state index in [2.05, 4.69) is 11.4 Å². The number of aliphatic hydroxyl groups excluding tert-OH is 1. The number of halogens is 1. The van der Waals surface area contributed by atoms with Gasteiger partial charge in [-0.1, -0.05) is 25.1 Å². The molecular formula is C21H23FN2O2. The van der Waals surface area contributed by atoms with Crippen molar-refractivity contribution in [2.75, 3.05) is 18.5 Å². The van der Waals surface area contributed by atoms with Gasteiger partial charge in [0, 0.05) is 24.6 Å². The number of aliphatic hydroxyl groups is 1. The lowest BCUT2D eigenvalue weighted by Gasteiger charge is -2.39. The Bertz CT molecular complexity index is 821. The molecular weight excluding hydrogens is 331 g/mol. The number of anilines is 1. The number of likely N-dealkylation sites (tertiary alicyclic amines) is 1. The minimum atomic E-state index is -0.255. The van der Waals surface area contributed by atoms with Crippen LogP contribution in [0.25, 0.3) is 11.1 Å². The Kier molecular flexibility index (Phi) is 4.41. The molecule has 3 atom stereocenters. The van der Waals surface area contributed by atoms with E-state index in [-0.39, 0.29) is 36.3 Å². The van der Waals surface area contributed by atoms with Crippen molar-refractivity contribution in [3.63, 3.8) is 0 Å². The van der Waals surface area contributed by atoms with Crippen molar-refractivity contribution < 1.29 is 14.3 Å². The van der Waals surface area contributed by atoms with Crippen LogP contribution in [0.4, 0.5) is 10.1 Å². The highest BCUT2D eigenvalue weighted by atomic mass is 19.1. The number of nitrogens with zero attached hydrogens (tertiary/aromatic N) is 1. The number of benzene rings is 2. The average molecular weight is 354 g/mol. The molecule has 2 aliphatic heterocycles. The standard InChI is InChI=1S/C21H23FN2O2/c1-2-20(26)24-10-9-16-19(12-25)23-18-8-5-14(11-17(18)21(16)24)13-3-6-15(22)7-4-13/h3-8,11,16,19,21,23,25H,2,9-10,12H2,1H3/t16-,19-,21-/m0/s1. The van der Waals surface area contributed by atoms with Crippen molar-refractivity contribution in [1.82, 2.24) is 4.90 Å². The molecule has 1 amide bonds. The first kappa shape index (κ1) is 17.0. The number of nitrogens with one attached hydrogen (secondary N) is 1. The molecule has 0 bridgehead atoms. The number of hydrogen-bond donors (Lipinski definition) is 2. The van der Waals surface area contributed by atoms with Crippen molar-refractivity contribution in [3.8, 4) is 11.1 Å². The molecule has 4 rings (SSSR count). The van der Waals surface area contributed by atoms with Crippen LogP contribution in [0.2, 0.25) is 0 Å². The van der Waals surface area contributed by atoms with Gasteiger partial charge in [-0.15, -0.1) is 0 Å². The Balaban J connectivity index is 1.78. The Morgan fingerprint density at radius 1 is 1.23 bits per heavy atom. The molecule has 2 aliphatic rings. The minimum Gasteiger partial charge on any atom is -0.394 e. The summed E-state index contributed by atoms with van der Waals surface area (Å²) in [7, 11) is 0. The Morgan fingerprint density at radius 2 is 1.96 bits per heavy atom. The highest BCUT2D eigenvalue weighted by molar-refractivity contribution is 5.78. The van der Waals surface area contributed by atoms with Crippen LogP contribution in [0.3, 0.4) is 0 Å². The van der Waals surface area contributed by atoms with Crippen LogP contribution in [0.1, 0.15) is 31.4 Å². The number of fused-ring (bicyclic) bond motifs is 3. The van der Waals surface area contributed by atoms with Crippen molar-refractivity contribution in [1.29, 1.82) is 0 Å². The fourth-order valence-electron chi connectivity index (χ4n) is 4.37. The van der Waals surface area contributed by atoms with Gasteiger partial charge in [-0.25, -0.2) is 4.39 Å². The third kappa shape index (κ3) is 2.76. The number of hydrogen-bond acceptors (Lipinski definition) is 3. The van der Waals surface area contributed by atoms with E-state index in [1.54, 1.807) is 12.1 Å². The van der Waals surface area contributed by atoms with Gasteiger partial charge in [0.05, 0.1) is 18.7 Å². The summed E-state index contributed by atoms with van der Waals surface area (Å²) in [6.07, 6.45) is 1.36. The van der Waals surface area contributed by atoms with Crippen LogP contribution in [-0.4, -0.2) is 35.1 Å². The van der Waals surface area contributed by atoms with Crippen LogP contribution in [-0.2, 0) is 4.79 Å². The Hall–Kier alpha value is -2.40. The highest BCUT2D eigenvalue weighted by Gasteiger charge is 2.45. The molecule has 136 valence electrons. The smallest absolute Gasteiger partial charge is 0.222 e. The normalized spacial score (nSPS) is 24.0. The molecule has 2 aromatic rings. The van der Waals surface area contributed by atoms with Gasteiger partial charge in [-0.2, -0.15) is 0 Å². The summed E-state index contributed by atoms with van der Waals surface area (Å²) in [4.78, 5) is 14.4. The number of amides is 1.